The Kier molecular flexibility index (Phi) is 3.33. The van der Waals surface area contributed by atoms with Crippen LogP contribution in [0.25, 0.3) is 0 Å². The van der Waals surface area contributed by atoms with E-state index >= 15 is 0 Å². The monoisotopic (exact) mass is 211 g/mol. The summed E-state index contributed by atoms with van der Waals surface area (Å²) < 4.78 is 6.20. The molecule has 1 aromatic heterocycles. The number of aromatic nitrogens is 1. The number of esters is 1. The van der Waals surface area contributed by atoms with Crippen LogP contribution in [0.15, 0.2) is 12.3 Å². The highest BCUT2D eigenvalue weighted by Gasteiger charge is 2.13. The molecular formula is C9H13N3O3. The first kappa shape index (κ1) is 11.1. The summed E-state index contributed by atoms with van der Waals surface area (Å²) in [6.07, 6.45) is 1.53. The molecule has 6 heteroatoms. The van der Waals surface area contributed by atoms with Gasteiger partial charge in [0.1, 0.15) is 0 Å². The Hall–Kier alpha value is -1.98. The molecule has 1 rings (SSSR count). The first-order valence-electron chi connectivity index (χ1n) is 4.47. The van der Waals surface area contributed by atoms with Crippen molar-refractivity contribution in [1.29, 1.82) is 0 Å². The topological polar surface area (TPSA) is 86.3 Å². The summed E-state index contributed by atoms with van der Waals surface area (Å²) in [4.78, 5) is 22.0. The SMILES string of the molecule is CCOC(=O)c1ccn(NC(N)=O)c1C. The van der Waals surface area contributed by atoms with Crippen molar-refractivity contribution in [2.75, 3.05) is 12.0 Å². The summed E-state index contributed by atoms with van der Waals surface area (Å²) >= 11 is 0. The molecule has 0 atom stereocenters. The number of nitrogens with zero attached hydrogens (tertiary/aromatic N) is 1. The van der Waals surface area contributed by atoms with Crippen molar-refractivity contribution in [2.45, 2.75) is 13.8 Å². The van der Waals surface area contributed by atoms with Gasteiger partial charge in [-0.15, -0.1) is 0 Å². The molecule has 0 spiro atoms. The van der Waals surface area contributed by atoms with Gasteiger partial charge in [0.25, 0.3) is 0 Å². The zero-order valence-electron chi connectivity index (χ0n) is 8.61. The maximum Gasteiger partial charge on any atom is 0.340 e. The number of urea groups is 1. The predicted molar refractivity (Wildman–Crippen MR) is 54.1 cm³/mol. The van der Waals surface area contributed by atoms with Crippen molar-refractivity contribution in [3.8, 4) is 0 Å². The summed E-state index contributed by atoms with van der Waals surface area (Å²) in [5, 5.41) is 0. The van der Waals surface area contributed by atoms with E-state index in [4.69, 9.17) is 10.5 Å². The fraction of sp³-hybridized carbons (Fsp3) is 0.333. The zero-order chi connectivity index (χ0) is 11.4. The number of carbonyl (C=O) groups is 2. The minimum Gasteiger partial charge on any atom is -0.462 e. The van der Waals surface area contributed by atoms with E-state index in [0.717, 1.165) is 0 Å². The molecule has 6 nitrogen and oxygen atoms in total. The molecule has 0 unspecified atom stereocenters. The second kappa shape index (κ2) is 4.50. The standard InChI is InChI=1S/C9H13N3O3/c1-3-15-8(13)7-4-5-12(6(7)2)11-9(10)14/h4-5H,3H2,1-2H3,(H3,10,11,14). The van der Waals surface area contributed by atoms with Crippen molar-refractivity contribution in [1.82, 2.24) is 4.68 Å². The Morgan fingerprint density at radius 1 is 1.60 bits per heavy atom. The second-order valence-electron chi connectivity index (χ2n) is 2.88. The number of rotatable bonds is 3. The molecule has 0 aliphatic carbocycles. The minimum atomic E-state index is -0.691. The number of primary amides is 1. The third-order valence-corrected chi connectivity index (χ3v) is 1.87. The van der Waals surface area contributed by atoms with Gasteiger partial charge in [0.05, 0.1) is 17.9 Å². The third-order valence-electron chi connectivity index (χ3n) is 1.87. The van der Waals surface area contributed by atoms with Crippen LogP contribution >= 0.6 is 0 Å². The van der Waals surface area contributed by atoms with Crippen molar-refractivity contribution in [2.24, 2.45) is 5.73 Å². The maximum atomic E-state index is 11.4. The van der Waals surface area contributed by atoms with Crippen molar-refractivity contribution >= 4 is 12.0 Å². The molecule has 0 aliphatic rings. The van der Waals surface area contributed by atoms with E-state index in [9.17, 15) is 9.59 Å². The van der Waals surface area contributed by atoms with Crippen LogP contribution in [-0.2, 0) is 4.74 Å². The number of nitrogens with one attached hydrogen (secondary N) is 1. The normalized spacial score (nSPS) is 9.73. The lowest BCUT2D eigenvalue weighted by Crippen LogP contribution is -2.28. The first-order chi connectivity index (χ1) is 7.06. The third kappa shape index (κ3) is 2.49. The Morgan fingerprint density at radius 2 is 2.27 bits per heavy atom. The largest absolute Gasteiger partial charge is 0.462 e. The lowest BCUT2D eigenvalue weighted by Gasteiger charge is -2.06. The molecule has 82 valence electrons. The van der Waals surface area contributed by atoms with Crippen molar-refractivity contribution in [3.05, 3.63) is 23.5 Å². The highest BCUT2D eigenvalue weighted by Crippen LogP contribution is 2.09. The zero-order valence-corrected chi connectivity index (χ0v) is 8.61. The molecule has 0 saturated heterocycles. The summed E-state index contributed by atoms with van der Waals surface area (Å²) in [6, 6.07) is 0.868. The number of nitrogens with two attached hydrogens (primary N) is 1. The highest BCUT2D eigenvalue weighted by molar-refractivity contribution is 5.91. The summed E-state index contributed by atoms with van der Waals surface area (Å²) in [5.74, 6) is -0.417. The van der Waals surface area contributed by atoms with Crippen molar-refractivity contribution < 1.29 is 14.3 Å². The number of carbonyl (C=O) groups excluding carboxylic acids is 2. The number of amides is 2. The Labute approximate surface area is 87.0 Å². The lowest BCUT2D eigenvalue weighted by molar-refractivity contribution is 0.0525. The molecule has 1 heterocycles. The lowest BCUT2D eigenvalue weighted by atomic mass is 10.2. The van der Waals surface area contributed by atoms with E-state index in [1.165, 1.54) is 10.9 Å². The van der Waals surface area contributed by atoms with Gasteiger partial charge in [-0.05, 0) is 19.9 Å². The molecule has 0 saturated carbocycles. The van der Waals surface area contributed by atoms with E-state index in [2.05, 4.69) is 5.43 Å². The average molecular weight is 211 g/mol. The summed E-state index contributed by atoms with van der Waals surface area (Å²) in [6.45, 7) is 3.72. The van der Waals surface area contributed by atoms with Crippen LogP contribution in [0.2, 0.25) is 0 Å². The van der Waals surface area contributed by atoms with E-state index < -0.39 is 12.0 Å². The fourth-order valence-electron chi connectivity index (χ4n) is 1.18. The number of hydrogen-bond donors (Lipinski definition) is 2. The molecule has 0 bridgehead atoms. The van der Waals surface area contributed by atoms with Gasteiger partial charge >= 0.3 is 12.0 Å². The molecule has 0 aromatic carbocycles. The quantitative estimate of drug-likeness (QED) is 0.717. The smallest absolute Gasteiger partial charge is 0.340 e. The van der Waals surface area contributed by atoms with E-state index in [-0.39, 0.29) is 0 Å². The molecule has 0 fully saturated rings. The van der Waals surface area contributed by atoms with Crippen LogP contribution in [0.5, 0.6) is 0 Å². The Balaban J connectivity index is 2.88. The minimum absolute atomic E-state index is 0.312. The summed E-state index contributed by atoms with van der Waals surface area (Å²) in [7, 11) is 0. The molecule has 15 heavy (non-hydrogen) atoms. The summed E-state index contributed by atoms with van der Waals surface area (Å²) in [5.41, 5.74) is 8.27. The first-order valence-corrected chi connectivity index (χ1v) is 4.47. The van der Waals surface area contributed by atoms with Gasteiger partial charge in [-0.3, -0.25) is 4.68 Å². The van der Waals surface area contributed by atoms with Gasteiger partial charge in [-0.25, -0.2) is 15.0 Å². The van der Waals surface area contributed by atoms with Crippen LogP contribution in [0, 0.1) is 6.92 Å². The molecule has 0 radical (unpaired) electrons. The van der Waals surface area contributed by atoms with Crippen molar-refractivity contribution in [3.63, 3.8) is 0 Å². The highest BCUT2D eigenvalue weighted by atomic mass is 16.5. The van der Waals surface area contributed by atoms with Crippen LogP contribution in [-0.4, -0.2) is 23.3 Å². The van der Waals surface area contributed by atoms with Crippen LogP contribution < -0.4 is 11.2 Å². The van der Waals surface area contributed by atoms with Crippen LogP contribution in [0.4, 0.5) is 4.79 Å². The Morgan fingerprint density at radius 3 is 2.80 bits per heavy atom. The molecule has 3 N–H and O–H groups in total. The Bertz CT molecular complexity index is 384. The second-order valence-corrected chi connectivity index (χ2v) is 2.88. The number of ether oxygens (including phenoxy) is 1. The maximum absolute atomic E-state index is 11.4. The number of hydrogen-bond acceptors (Lipinski definition) is 3. The molecule has 2 amide bonds. The van der Waals surface area contributed by atoms with Gasteiger partial charge in [-0.1, -0.05) is 0 Å². The van der Waals surface area contributed by atoms with Crippen LogP contribution in [0.1, 0.15) is 23.0 Å². The van der Waals surface area contributed by atoms with Gasteiger partial charge in [0.2, 0.25) is 0 Å². The fourth-order valence-corrected chi connectivity index (χ4v) is 1.18. The van der Waals surface area contributed by atoms with Gasteiger partial charge in [-0.2, -0.15) is 0 Å². The van der Waals surface area contributed by atoms with E-state index in [1.54, 1.807) is 19.9 Å². The van der Waals surface area contributed by atoms with Gasteiger partial charge in [0.15, 0.2) is 0 Å². The van der Waals surface area contributed by atoms with Crippen LogP contribution in [0.3, 0.4) is 0 Å². The van der Waals surface area contributed by atoms with E-state index in [0.29, 0.717) is 17.9 Å². The van der Waals surface area contributed by atoms with Gasteiger partial charge < -0.3 is 10.5 Å². The van der Waals surface area contributed by atoms with Gasteiger partial charge in [0, 0.05) is 6.20 Å². The molecule has 1 aromatic rings. The predicted octanol–water partition coefficient (Wildman–Crippen LogP) is 0.595. The molecule has 0 aliphatic heterocycles. The average Bonchev–Trinajstić information content (AvgIpc) is 2.48. The van der Waals surface area contributed by atoms with E-state index in [1.807, 2.05) is 0 Å². The molecular weight excluding hydrogens is 198 g/mol.